The van der Waals surface area contributed by atoms with Gasteiger partial charge in [-0.05, 0) is 69.2 Å². The van der Waals surface area contributed by atoms with Gasteiger partial charge >= 0.3 is 0 Å². The van der Waals surface area contributed by atoms with E-state index in [1.807, 2.05) is 32.0 Å². The van der Waals surface area contributed by atoms with Crippen molar-refractivity contribution in [3.63, 3.8) is 0 Å². The molecule has 8 heteroatoms. The maximum atomic E-state index is 13.5. The van der Waals surface area contributed by atoms with Crippen LogP contribution in [0.15, 0.2) is 64.1 Å². The van der Waals surface area contributed by atoms with Gasteiger partial charge in [-0.3, -0.25) is 4.79 Å². The number of piperidine rings is 1. The van der Waals surface area contributed by atoms with E-state index in [1.165, 1.54) is 10.9 Å². The molecule has 1 saturated heterocycles. The molecule has 3 heterocycles. The molecule has 1 aliphatic heterocycles. The predicted molar refractivity (Wildman–Crippen MR) is 125 cm³/mol. The van der Waals surface area contributed by atoms with Gasteiger partial charge in [0.2, 0.25) is 10.0 Å². The summed E-state index contributed by atoms with van der Waals surface area (Å²) in [6.45, 7) is 5.23. The van der Waals surface area contributed by atoms with Gasteiger partial charge in [-0.15, -0.1) is 11.3 Å². The topological polar surface area (TPSA) is 70.8 Å². The molecule has 0 spiro atoms. The van der Waals surface area contributed by atoms with E-state index in [2.05, 4.69) is 0 Å². The summed E-state index contributed by atoms with van der Waals surface area (Å²) in [6, 6.07) is 14.0. The van der Waals surface area contributed by atoms with Crippen LogP contribution in [-0.2, 0) is 23.1 Å². The van der Waals surface area contributed by atoms with Crippen LogP contribution in [-0.4, -0.2) is 36.1 Å². The first-order chi connectivity index (χ1) is 15.3. The molecule has 1 amide bonds. The Morgan fingerprint density at radius 1 is 1.16 bits per heavy atom. The lowest BCUT2D eigenvalue weighted by molar-refractivity contribution is 0.0719. The summed E-state index contributed by atoms with van der Waals surface area (Å²) in [5, 5.41) is 0. The summed E-state index contributed by atoms with van der Waals surface area (Å²) in [4.78, 5) is 17.6. The van der Waals surface area contributed by atoms with Crippen LogP contribution >= 0.6 is 11.3 Å². The quantitative estimate of drug-likeness (QED) is 0.482. The Kier molecular flexibility index (Phi) is 6.83. The highest BCUT2D eigenvalue weighted by atomic mass is 32.2. The molecule has 0 aliphatic carbocycles. The Labute approximate surface area is 193 Å². The second-order valence-electron chi connectivity index (χ2n) is 8.24. The Bertz CT molecular complexity index is 1170. The van der Waals surface area contributed by atoms with Gasteiger partial charge in [0.15, 0.2) is 0 Å². The lowest BCUT2D eigenvalue weighted by Gasteiger charge is -2.32. The van der Waals surface area contributed by atoms with Crippen molar-refractivity contribution >= 4 is 27.3 Å². The number of nitrogens with zero attached hydrogens (tertiary/aromatic N) is 2. The first-order valence-corrected chi connectivity index (χ1v) is 13.1. The zero-order valence-corrected chi connectivity index (χ0v) is 20.0. The first-order valence-electron chi connectivity index (χ1n) is 10.8. The van der Waals surface area contributed by atoms with Crippen molar-refractivity contribution in [2.24, 2.45) is 0 Å². The Balaban J connectivity index is 1.62. The fourth-order valence-electron chi connectivity index (χ4n) is 4.08. The van der Waals surface area contributed by atoms with E-state index in [9.17, 15) is 13.2 Å². The van der Waals surface area contributed by atoms with E-state index in [0.29, 0.717) is 31.0 Å². The number of furan rings is 1. The highest BCUT2D eigenvalue weighted by Crippen LogP contribution is 2.26. The van der Waals surface area contributed by atoms with Gasteiger partial charge in [0.1, 0.15) is 5.76 Å². The zero-order valence-electron chi connectivity index (χ0n) is 18.4. The van der Waals surface area contributed by atoms with E-state index in [0.717, 1.165) is 24.1 Å². The van der Waals surface area contributed by atoms with Crippen LogP contribution in [0.4, 0.5) is 0 Å². The van der Waals surface area contributed by atoms with E-state index in [1.54, 1.807) is 51.1 Å². The van der Waals surface area contributed by atoms with E-state index in [-0.39, 0.29) is 16.8 Å². The fourth-order valence-corrected chi connectivity index (χ4v) is 6.74. The average Bonchev–Trinajstić information content (AvgIpc) is 3.44. The van der Waals surface area contributed by atoms with Gasteiger partial charge in [0.25, 0.3) is 5.91 Å². The van der Waals surface area contributed by atoms with Gasteiger partial charge in [-0.25, -0.2) is 8.42 Å². The lowest BCUT2D eigenvalue weighted by Crippen LogP contribution is -2.42. The van der Waals surface area contributed by atoms with Crippen LogP contribution in [0, 0.1) is 6.92 Å². The van der Waals surface area contributed by atoms with E-state index < -0.39 is 10.0 Å². The molecule has 1 atom stereocenters. The monoisotopic (exact) mass is 472 g/mol. The number of rotatable bonds is 7. The molecule has 0 saturated carbocycles. The Morgan fingerprint density at radius 3 is 2.69 bits per heavy atom. The Morgan fingerprint density at radius 2 is 2.00 bits per heavy atom. The molecule has 1 aromatic carbocycles. The maximum absolute atomic E-state index is 13.5. The average molecular weight is 473 g/mol. The van der Waals surface area contributed by atoms with Crippen molar-refractivity contribution in [3.8, 4) is 0 Å². The smallest absolute Gasteiger partial charge is 0.254 e. The van der Waals surface area contributed by atoms with Gasteiger partial charge in [-0.1, -0.05) is 12.5 Å². The summed E-state index contributed by atoms with van der Waals surface area (Å²) in [5.74, 6) is 0.453. The molecule has 0 bridgehead atoms. The third kappa shape index (κ3) is 4.98. The molecule has 1 unspecified atom stereocenters. The molecule has 0 N–H and O–H groups in total. The van der Waals surface area contributed by atoms with Gasteiger partial charge in [0.05, 0.1) is 24.2 Å². The lowest BCUT2D eigenvalue weighted by atomic mass is 10.1. The molecular formula is C24H28N2O4S2. The van der Waals surface area contributed by atoms with Crippen LogP contribution in [0.2, 0.25) is 0 Å². The molecule has 1 fully saturated rings. The van der Waals surface area contributed by atoms with Crippen LogP contribution in [0.1, 0.15) is 52.1 Å². The number of carbonyl (C=O) groups is 1. The zero-order chi connectivity index (χ0) is 22.7. The summed E-state index contributed by atoms with van der Waals surface area (Å²) < 4.78 is 33.6. The summed E-state index contributed by atoms with van der Waals surface area (Å²) >= 11 is 1.64. The van der Waals surface area contributed by atoms with Crippen LogP contribution < -0.4 is 0 Å². The van der Waals surface area contributed by atoms with Gasteiger partial charge in [-0.2, -0.15) is 4.31 Å². The van der Waals surface area contributed by atoms with Gasteiger partial charge in [0, 0.05) is 27.9 Å². The van der Waals surface area contributed by atoms with E-state index in [4.69, 9.17) is 4.42 Å². The highest BCUT2D eigenvalue weighted by molar-refractivity contribution is 7.89. The number of benzene rings is 1. The standard InChI is InChI=1S/C24H28N2O4S2/c1-18-7-3-4-13-26(18)32(28,29)23-10-5-8-20(15-23)24(27)25(16-21-9-6-14-30-21)17-22-12-11-19(2)31-22/h5-6,8-12,14-15,18H,3-4,7,13,16-17H2,1-2H3. The number of aryl methyl sites for hydroxylation is 1. The number of carbonyl (C=O) groups excluding carboxylic acids is 1. The van der Waals surface area contributed by atoms with E-state index >= 15 is 0 Å². The molecule has 4 rings (SSSR count). The van der Waals surface area contributed by atoms with Crippen molar-refractivity contribution in [2.75, 3.05) is 6.54 Å². The van der Waals surface area contributed by atoms with Crippen LogP contribution in [0.3, 0.4) is 0 Å². The van der Waals surface area contributed by atoms with Gasteiger partial charge < -0.3 is 9.32 Å². The fraction of sp³-hybridized carbons (Fsp3) is 0.375. The third-order valence-corrected chi connectivity index (χ3v) is 8.78. The molecule has 0 radical (unpaired) electrons. The summed E-state index contributed by atoms with van der Waals surface area (Å²) in [6.07, 6.45) is 4.34. The first kappa shape index (κ1) is 22.8. The van der Waals surface area contributed by atoms with Crippen molar-refractivity contribution in [2.45, 2.75) is 57.1 Å². The number of hydrogen-bond acceptors (Lipinski definition) is 5. The molecule has 3 aromatic rings. The molecular weight excluding hydrogens is 444 g/mol. The largest absolute Gasteiger partial charge is 0.467 e. The molecule has 6 nitrogen and oxygen atoms in total. The van der Waals surface area contributed by atoms with Crippen molar-refractivity contribution in [1.82, 2.24) is 9.21 Å². The minimum absolute atomic E-state index is 0.0365. The second kappa shape index (κ2) is 9.60. The van der Waals surface area contributed by atoms with Crippen molar-refractivity contribution in [3.05, 3.63) is 75.9 Å². The minimum Gasteiger partial charge on any atom is -0.467 e. The van der Waals surface area contributed by atoms with Crippen molar-refractivity contribution in [1.29, 1.82) is 0 Å². The normalized spacial score (nSPS) is 17.4. The number of hydrogen-bond donors (Lipinski definition) is 0. The molecule has 32 heavy (non-hydrogen) atoms. The molecule has 2 aromatic heterocycles. The number of amides is 1. The molecule has 170 valence electrons. The maximum Gasteiger partial charge on any atom is 0.254 e. The van der Waals surface area contributed by atoms with Crippen LogP contribution in [0.5, 0.6) is 0 Å². The predicted octanol–water partition coefficient (Wildman–Crippen LogP) is 5.06. The highest BCUT2D eigenvalue weighted by Gasteiger charge is 2.31. The van der Waals surface area contributed by atoms with Crippen LogP contribution in [0.25, 0.3) is 0 Å². The number of sulfonamides is 1. The summed E-state index contributed by atoms with van der Waals surface area (Å²) in [7, 11) is -3.65. The SMILES string of the molecule is Cc1ccc(CN(Cc2ccco2)C(=O)c2cccc(S(=O)(=O)N3CCCCC3C)c2)s1. The Hall–Kier alpha value is -2.42. The number of thiophene rings is 1. The third-order valence-electron chi connectivity index (χ3n) is 5.79. The summed E-state index contributed by atoms with van der Waals surface area (Å²) in [5.41, 5.74) is 0.357. The van der Waals surface area contributed by atoms with Crippen molar-refractivity contribution < 1.29 is 17.6 Å². The molecule has 1 aliphatic rings. The second-order valence-corrected chi connectivity index (χ2v) is 11.5. The minimum atomic E-state index is -3.65.